The highest BCUT2D eigenvalue weighted by Gasteiger charge is 2.19. The molecular weight excluding hydrogens is 500 g/mol. The first-order chi connectivity index (χ1) is 19.4. The fourth-order valence-electron chi connectivity index (χ4n) is 5.28. The number of ether oxygens (including phenoxy) is 1. The molecule has 204 valence electrons. The van der Waals surface area contributed by atoms with Crippen molar-refractivity contribution in [3.05, 3.63) is 101 Å². The van der Waals surface area contributed by atoms with Crippen molar-refractivity contribution in [3.8, 4) is 22.8 Å². The Morgan fingerprint density at radius 3 is 2.65 bits per heavy atom. The Bertz CT molecular complexity index is 1570. The maximum absolute atomic E-state index is 13.4. The van der Waals surface area contributed by atoms with Crippen molar-refractivity contribution in [3.63, 3.8) is 0 Å². The highest BCUT2D eigenvalue weighted by atomic mass is 16.5. The topological polar surface area (TPSA) is 70.8 Å². The molecule has 1 aliphatic carbocycles. The molecule has 2 aromatic carbocycles. The molecule has 0 saturated carbocycles. The van der Waals surface area contributed by atoms with Crippen LogP contribution in [0.5, 0.6) is 11.5 Å². The summed E-state index contributed by atoms with van der Waals surface area (Å²) in [5.74, 6) is 1.14. The van der Waals surface area contributed by atoms with Crippen LogP contribution in [0.15, 0.2) is 71.6 Å². The van der Waals surface area contributed by atoms with Gasteiger partial charge in [-0.3, -0.25) is 14.7 Å². The Hall–Kier alpha value is -4.20. The van der Waals surface area contributed by atoms with Gasteiger partial charge in [0.05, 0.1) is 23.9 Å². The van der Waals surface area contributed by atoms with Gasteiger partial charge in [0, 0.05) is 67.6 Å². The number of carbonyl (C=O) groups is 1. The zero-order valence-electron chi connectivity index (χ0n) is 23.2. The number of piperazine rings is 1. The van der Waals surface area contributed by atoms with Crippen LogP contribution in [0.3, 0.4) is 0 Å². The Balaban J connectivity index is 1.18. The zero-order chi connectivity index (χ0) is 27.6. The molecule has 0 radical (unpaired) electrons. The van der Waals surface area contributed by atoms with Gasteiger partial charge in [0.15, 0.2) is 0 Å². The number of aryl methyl sites for hydroxylation is 2. The third-order valence-corrected chi connectivity index (χ3v) is 7.78. The number of pyridine rings is 1. The van der Waals surface area contributed by atoms with Crippen LogP contribution >= 0.6 is 0 Å². The first-order valence-corrected chi connectivity index (χ1v) is 13.8. The van der Waals surface area contributed by atoms with Crippen LogP contribution in [0, 0.1) is 13.8 Å². The number of nitrogens with one attached hydrogen (secondary N) is 1. The molecule has 0 bridgehead atoms. The van der Waals surface area contributed by atoms with E-state index in [0.29, 0.717) is 17.1 Å². The second-order valence-electron chi connectivity index (χ2n) is 10.7. The minimum atomic E-state index is -0.159. The SMILES string of the molecule is Cc1cc(NC(=O)c2cc(Oc3cc(-c4ccoc4)nc4c3C=CC4)ccc2C)ccc1CN1CCN(C)CC1. The van der Waals surface area contributed by atoms with E-state index in [0.717, 1.165) is 72.9 Å². The van der Waals surface area contributed by atoms with Crippen molar-refractivity contribution in [2.75, 3.05) is 38.5 Å². The molecule has 6 rings (SSSR count). The van der Waals surface area contributed by atoms with Crippen LogP contribution in [-0.4, -0.2) is 53.9 Å². The van der Waals surface area contributed by atoms with Gasteiger partial charge in [-0.25, -0.2) is 0 Å². The number of benzene rings is 2. The number of fused-ring (bicyclic) bond motifs is 1. The van der Waals surface area contributed by atoms with Gasteiger partial charge in [-0.15, -0.1) is 0 Å². The maximum Gasteiger partial charge on any atom is 0.256 e. The molecule has 1 amide bonds. The van der Waals surface area contributed by atoms with Gasteiger partial charge >= 0.3 is 0 Å². The first kappa shape index (κ1) is 26.0. The Labute approximate surface area is 235 Å². The second kappa shape index (κ2) is 11.1. The number of anilines is 1. The monoisotopic (exact) mass is 534 g/mol. The molecule has 0 spiro atoms. The lowest BCUT2D eigenvalue weighted by Crippen LogP contribution is -2.43. The predicted molar refractivity (Wildman–Crippen MR) is 158 cm³/mol. The van der Waals surface area contributed by atoms with Crippen molar-refractivity contribution in [1.29, 1.82) is 0 Å². The lowest BCUT2D eigenvalue weighted by atomic mass is 10.1. The molecule has 1 fully saturated rings. The molecule has 0 atom stereocenters. The third kappa shape index (κ3) is 5.57. The molecule has 1 saturated heterocycles. The third-order valence-electron chi connectivity index (χ3n) is 7.78. The largest absolute Gasteiger partial charge is 0.472 e. The first-order valence-electron chi connectivity index (χ1n) is 13.8. The van der Waals surface area contributed by atoms with Crippen molar-refractivity contribution in [2.24, 2.45) is 0 Å². The summed E-state index contributed by atoms with van der Waals surface area (Å²) in [6.07, 6.45) is 8.18. The molecule has 2 aliphatic rings. The summed E-state index contributed by atoms with van der Waals surface area (Å²) in [7, 11) is 2.17. The average molecular weight is 535 g/mol. The second-order valence-corrected chi connectivity index (χ2v) is 10.7. The summed E-state index contributed by atoms with van der Waals surface area (Å²) in [6, 6.07) is 15.6. The van der Waals surface area contributed by atoms with E-state index in [1.807, 2.05) is 49.4 Å². The van der Waals surface area contributed by atoms with Crippen LogP contribution in [0.2, 0.25) is 0 Å². The Morgan fingerprint density at radius 2 is 1.88 bits per heavy atom. The fraction of sp³-hybridized carbons (Fsp3) is 0.273. The maximum atomic E-state index is 13.4. The summed E-state index contributed by atoms with van der Waals surface area (Å²) >= 11 is 0. The van der Waals surface area contributed by atoms with Gasteiger partial charge in [0.25, 0.3) is 5.91 Å². The molecule has 2 aromatic heterocycles. The number of likely N-dealkylation sites (N-methyl/N-ethyl adjacent to an activating group) is 1. The van der Waals surface area contributed by atoms with Gasteiger partial charge in [-0.05, 0) is 67.9 Å². The Morgan fingerprint density at radius 1 is 1.02 bits per heavy atom. The van der Waals surface area contributed by atoms with E-state index in [1.54, 1.807) is 12.5 Å². The quantitative estimate of drug-likeness (QED) is 0.299. The van der Waals surface area contributed by atoms with E-state index >= 15 is 0 Å². The van der Waals surface area contributed by atoms with Crippen LogP contribution in [0.4, 0.5) is 5.69 Å². The van der Waals surface area contributed by atoms with Gasteiger partial charge in [0.1, 0.15) is 11.5 Å². The van der Waals surface area contributed by atoms with Crippen molar-refractivity contribution < 1.29 is 13.9 Å². The molecule has 40 heavy (non-hydrogen) atoms. The standard InChI is InChI=1S/C33H34N4O3/c1-22-7-10-27(40-32-19-31(25-11-16-39-21-25)35-30-6-4-5-28(30)32)18-29(22)33(38)34-26-9-8-24(23(2)17-26)20-37-14-12-36(3)13-15-37/h4-5,7-11,16-19,21H,6,12-15,20H2,1-3H3,(H,34,38). The number of aromatic nitrogens is 1. The number of furan rings is 1. The molecule has 1 N–H and O–H groups in total. The van der Waals surface area contributed by atoms with Gasteiger partial charge in [0.2, 0.25) is 0 Å². The Kier molecular flexibility index (Phi) is 7.24. The van der Waals surface area contributed by atoms with Crippen molar-refractivity contribution in [2.45, 2.75) is 26.8 Å². The van der Waals surface area contributed by atoms with E-state index in [1.165, 1.54) is 11.1 Å². The lowest BCUT2D eigenvalue weighted by molar-refractivity contribution is 0.102. The minimum absolute atomic E-state index is 0.159. The van der Waals surface area contributed by atoms with E-state index in [9.17, 15) is 4.79 Å². The number of carbonyl (C=O) groups excluding carboxylic acids is 1. The number of amides is 1. The average Bonchev–Trinajstić information content (AvgIpc) is 3.65. The summed E-state index contributed by atoms with van der Waals surface area (Å²) in [5.41, 5.74) is 8.34. The smallest absolute Gasteiger partial charge is 0.256 e. The molecule has 4 aromatic rings. The van der Waals surface area contributed by atoms with Gasteiger partial charge in [-0.1, -0.05) is 24.3 Å². The van der Waals surface area contributed by atoms with Crippen molar-refractivity contribution >= 4 is 17.7 Å². The summed E-state index contributed by atoms with van der Waals surface area (Å²) in [5, 5.41) is 3.09. The molecule has 3 heterocycles. The van der Waals surface area contributed by atoms with Crippen LogP contribution < -0.4 is 10.1 Å². The van der Waals surface area contributed by atoms with Crippen LogP contribution in [0.1, 0.15) is 38.3 Å². The normalized spacial score (nSPS) is 15.3. The van der Waals surface area contributed by atoms with E-state index in [4.69, 9.17) is 14.1 Å². The fourth-order valence-corrected chi connectivity index (χ4v) is 5.28. The van der Waals surface area contributed by atoms with E-state index in [-0.39, 0.29) is 5.91 Å². The van der Waals surface area contributed by atoms with Gasteiger partial charge < -0.3 is 19.4 Å². The number of hydrogen-bond acceptors (Lipinski definition) is 6. The van der Waals surface area contributed by atoms with Gasteiger partial charge in [-0.2, -0.15) is 0 Å². The molecule has 7 nitrogen and oxygen atoms in total. The number of rotatable bonds is 7. The molecular formula is C33H34N4O3. The number of nitrogens with zero attached hydrogens (tertiary/aromatic N) is 3. The number of allylic oxidation sites excluding steroid dienone is 1. The predicted octanol–water partition coefficient (Wildman–Crippen LogP) is 6.32. The minimum Gasteiger partial charge on any atom is -0.472 e. The summed E-state index contributed by atoms with van der Waals surface area (Å²) in [6.45, 7) is 9.34. The molecule has 7 heteroatoms. The van der Waals surface area contributed by atoms with Crippen molar-refractivity contribution in [1.82, 2.24) is 14.8 Å². The highest BCUT2D eigenvalue weighted by molar-refractivity contribution is 6.05. The van der Waals surface area contributed by atoms with Crippen LogP contribution in [-0.2, 0) is 13.0 Å². The van der Waals surface area contributed by atoms with Crippen LogP contribution in [0.25, 0.3) is 17.3 Å². The highest BCUT2D eigenvalue weighted by Crippen LogP contribution is 2.36. The zero-order valence-corrected chi connectivity index (χ0v) is 23.2. The van der Waals surface area contributed by atoms with E-state index in [2.05, 4.69) is 47.3 Å². The lowest BCUT2D eigenvalue weighted by Gasteiger charge is -2.32. The molecule has 0 unspecified atom stereocenters. The summed E-state index contributed by atoms with van der Waals surface area (Å²) < 4.78 is 11.6. The summed E-state index contributed by atoms with van der Waals surface area (Å²) in [4.78, 5) is 23.0. The molecule has 1 aliphatic heterocycles. The van der Waals surface area contributed by atoms with E-state index < -0.39 is 0 Å². The number of hydrogen-bond donors (Lipinski definition) is 1.